The van der Waals surface area contributed by atoms with Gasteiger partial charge in [0.2, 0.25) is 5.91 Å². The molecule has 1 atom stereocenters. The van der Waals surface area contributed by atoms with Crippen molar-refractivity contribution >= 4 is 29.9 Å². The number of hydrogen-bond acceptors (Lipinski definition) is 4. The molecule has 2 rings (SSSR count). The summed E-state index contributed by atoms with van der Waals surface area (Å²) in [5.41, 5.74) is -0.257. The number of halogens is 1. The number of hydrogen-bond donors (Lipinski definition) is 1. The van der Waals surface area contributed by atoms with Gasteiger partial charge < -0.3 is 4.90 Å². The maximum Gasteiger partial charge on any atom is 0.271 e. The number of non-ortho nitro benzene ring substituents is 1. The van der Waals surface area contributed by atoms with E-state index < -0.39 is 10.7 Å². The molecule has 0 aliphatic carbocycles. The van der Waals surface area contributed by atoms with Crippen LogP contribution in [0.25, 0.3) is 0 Å². The van der Waals surface area contributed by atoms with Crippen LogP contribution in [0.15, 0.2) is 18.2 Å². The minimum atomic E-state index is -0.631. The lowest BCUT2D eigenvalue weighted by Crippen LogP contribution is -2.25. The first-order chi connectivity index (χ1) is 8.52. The number of benzene rings is 1. The molecule has 1 aliphatic heterocycles. The first-order valence-electron chi connectivity index (χ1n) is 5.38. The van der Waals surface area contributed by atoms with E-state index >= 15 is 0 Å². The normalized spacial score (nSPS) is 19.3. The van der Waals surface area contributed by atoms with Crippen LogP contribution in [0.1, 0.15) is 6.42 Å². The molecule has 0 saturated carbocycles. The van der Waals surface area contributed by atoms with Crippen LogP contribution in [0.3, 0.4) is 0 Å². The van der Waals surface area contributed by atoms with Crippen LogP contribution in [-0.2, 0) is 4.79 Å². The van der Waals surface area contributed by atoms with Gasteiger partial charge in [0.1, 0.15) is 5.82 Å². The Kier molecular flexibility index (Phi) is 3.51. The molecule has 1 aromatic carbocycles. The molecule has 0 N–H and O–H groups in total. The fourth-order valence-corrected chi connectivity index (χ4v) is 2.20. The Morgan fingerprint density at radius 3 is 2.83 bits per heavy atom. The van der Waals surface area contributed by atoms with Crippen molar-refractivity contribution in [2.75, 3.05) is 17.2 Å². The van der Waals surface area contributed by atoms with Crippen LogP contribution in [0.2, 0.25) is 0 Å². The number of thiol groups is 1. The van der Waals surface area contributed by atoms with Crippen molar-refractivity contribution < 1.29 is 14.1 Å². The van der Waals surface area contributed by atoms with Gasteiger partial charge in [-0.05, 0) is 17.7 Å². The predicted octanol–water partition coefficient (Wildman–Crippen LogP) is 2.02. The quantitative estimate of drug-likeness (QED) is 0.519. The summed E-state index contributed by atoms with van der Waals surface area (Å²) in [5.74, 6) is -0.277. The van der Waals surface area contributed by atoms with Gasteiger partial charge in [0.05, 0.1) is 10.6 Å². The molecule has 1 fully saturated rings. The minimum Gasteiger partial charge on any atom is -0.309 e. The van der Waals surface area contributed by atoms with Crippen LogP contribution in [-0.4, -0.2) is 23.1 Å². The van der Waals surface area contributed by atoms with Crippen molar-refractivity contribution in [3.63, 3.8) is 0 Å². The molecular weight excluding hydrogens is 259 g/mol. The van der Waals surface area contributed by atoms with Crippen LogP contribution in [0.4, 0.5) is 15.8 Å². The van der Waals surface area contributed by atoms with E-state index in [1.807, 2.05) is 0 Å². The maximum absolute atomic E-state index is 13.7. The van der Waals surface area contributed by atoms with Crippen LogP contribution >= 0.6 is 12.6 Å². The summed E-state index contributed by atoms with van der Waals surface area (Å²) in [5, 5.41) is 10.6. The zero-order chi connectivity index (χ0) is 13.3. The van der Waals surface area contributed by atoms with Gasteiger partial charge in [-0.2, -0.15) is 12.6 Å². The van der Waals surface area contributed by atoms with Gasteiger partial charge in [-0.3, -0.25) is 14.9 Å². The molecule has 1 amide bonds. The minimum absolute atomic E-state index is 0.0292. The second kappa shape index (κ2) is 4.93. The number of carbonyl (C=O) groups excluding carboxylic acids is 1. The highest BCUT2D eigenvalue weighted by Crippen LogP contribution is 2.30. The average Bonchev–Trinajstić information content (AvgIpc) is 2.71. The Morgan fingerprint density at radius 1 is 1.56 bits per heavy atom. The smallest absolute Gasteiger partial charge is 0.271 e. The molecule has 0 bridgehead atoms. The molecule has 1 aromatic rings. The number of amides is 1. The molecular formula is C11H11FN2O3S. The first-order valence-corrected chi connectivity index (χ1v) is 6.01. The number of nitro benzene ring substituents is 1. The van der Waals surface area contributed by atoms with Crippen molar-refractivity contribution in [3.05, 3.63) is 34.1 Å². The molecule has 96 valence electrons. The Balaban J connectivity index is 2.35. The zero-order valence-electron chi connectivity index (χ0n) is 9.38. The Bertz CT molecular complexity index is 509. The maximum atomic E-state index is 13.7. The van der Waals surface area contributed by atoms with Gasteiger partial charge >= 0.3 is 0 Å². The summed E-state index contributed by atoms with van der Waals surface area (Å²) >= 11 is 4.11. The lowest BCUT2D eigenvalue weighted by Gasteiger charge is -2.16. The van der Waals surface area contributed by atoms with E-state index in [4.69, 9.17) is 0 Å². The average molecular weight is 270 g/mol. The summed E-state index contributed by atoms with van der Waals surface area (Å²) in [7, 11) is 0. The highest BCUT2D eigenvalue weighted by molar-refractivity contribution is 7.80. The van der Waals surface area contributed by atoms with Crippen molar-refractivity contribution in [2.45, 2.75) is 6.42 Å². The molecule has 5 nitrogen and oxygen atoms in total. The van der Waals surface area contributed by atoms with Gasteiger partial charge in [-0.1, -0.05) is 0 Å². The molecule has 1 aliphatic rings. The van der Waals surface area contributed by atoms with Gasteiger partial charge in [0, 0.05) is 25.1 Å². The lowest BCUT2D eigenvalue weighted by atomic mass is 10.1. The lowest BCUT2D eigenvalue weighted by molar-refractivity contribution is -0.384. The van der Waals surface area contributed by atoms with Crippen molar-refractivity contribution in [2.24, 2.45) is 5.92 Å². The molecule has 1 heterocycles. The third-order valence-corrected chi connectivity index (χ3v) is 3.41. The topological polar surface area (TPSA) is 63.5 Å². The summed E-state index contributed by atoms with van der Waals surface area (Å²) in [4.78, 5) is 23.0. The van der Waals surface area contributed by atoms with E-state index in [2.05, 4.69) is 12.6 Å². The largest absolute Gasteiger partial charge is 0.309 e. The van der Waals surface area contributed by atoms with E-state index in [1.54, 1.807) is 0 Å². The van der Waals surface area contributed by atoms with E-state index in [0.717, 1.165) is 18.2 Å². The van der Waals surface area contributed by atoms with Crippen LogP contribution in [0.5, 0.6) is 0 Å². The zero-order valence-corrected chi connectivity index (χ0v) is 10.3. The number of nitrogens with zero attached hydrogens (tertiary/aromatic N) is 2. The highest BCUT2D eigenvalue weighted by atomic mass is 32.1. The summed E-state index contributed by atoms with van der Waals surface area (Å²) in [6.45, 7) is 0.348. The fourth-order valence-electron chi connectivity index (χ4n) is 1.96. The summed E-state index contributed by atoms with van der Waals surface area (Å²) < 4.78 is 13.7. The third kappa shape index (κ3) is 2.31. The number of rotatable bonds is 3. The SMILES string of the molecule is O=C1CC(CS)CN1c1cc([N+](=O)[O-])ccc1F. The van der Waals surface area contributed by atoms with Gasteiger partial charge in [-0.25, -0.2) is 4.39 Å². The number of carbonyl (C=O) groups is 1. The Morgan fingerprint density at radius 2 is 2.28 bits per heavy atom. The summed E-state index contributed by atoms with van der Waals surface area (Å²) in [6.07, 6.45) is 0.297. The number of nitro groups is 1. The highest BCUT2D eigenvalue weighted by Gasteiger charge is 2.32. The standard InChI is InChI=1S/C11H11FN2O3S/c12-9-2-1-8(14(16)17)4-10(9)13-5-7(6-18)3-11(13)15/h1-2,4,7,18H,3,5-6H2. The molecule has 1 saturated heterocycles. The molecule has 0 spiro atoms. The molecule has 7 heteroatoms. The second-order valence-corrected chi connectivity index (χ2v) is 4.52. The second-order valence-electron chi connectivity index (χ2n) is 4.15. The first kappa shape index (κ1) is 12.8. The van der Waals surface area contributed by atoms with E-state index in [9.17, 15) is 19.3 Å². The molecule has 18 heavy (non-hydrogen) atoms. The van der Waals surface area contributed by atoms with Gasteiger partial charge in [0.25, 0.3) is 5.69 Å². The van der Waals surface area contributed by atoms with Gasteiger partial charge in [-0.15, -0.1) is 0 Å². The van der Waals surface area contributed by atoms with E-state index in [-0.39, 0.29) is 23.2 Å². The molecule has 1 unspecified atom stereocenters. The van der Waals surface area contributed by atoms with Crippen LogP contribution in [0, 0.1) is 21.8 Å². The van der Waals surface area contributed by atoms with Crippen LogP contribution < -0.4 is 4.90 Å². The fraction of sp³-hybridized carbons (Fsp3) is 0.364. The van der Waals surface area contributed by atoms with Gasteiger partial charge in [0.15, 0.2) is 0 Å². The van der Waals surface area contributed by atoms with Crippen molar-refractivity contribution in [1.29, 1.82) is 0 Å². The van der Waals surface area contributed by atoms with E-state index in [1.165, 1.54) is 4.90 Å². The summed E-state index contributed by atoms with van der Waals surface area (Å²) in [6, 6.07) is 3.18. The monoisotopic (exact) mass is 270 g/mol. The number of anilines is 1. The predicted molar refractivity (Wildman–Crippen MR) is 67.4 cm³/mol. The van der Waals surface area contributed by atoms with E-state index in [0.29, 0.717) is 18.7 Å². The van der Waals surface area contributed by atoms with Crippen molar-refractivity contribution in [1.82, 2.24) is 0 Å². The molecule has 0 aromatic heterocycles. The third-order valence-electron chi connectivity index (χ3n) is 2.89. The Labute approximate surface area is 108 Å². The molecule has 0 radical (unpaired) electrons. The Hall–Kier alpha value is -1.63. The van der Waals surface area contributed by atoms with Crippen molar-refractivity contribution in [3.8, 4) is 0 Å².